The first-order valence-corrected chi connectivity index (χ1v) is 6.35. The van der Waals surface area contributed by atoms with Crippen LogP contribution in [0.15, 0.2) is 34.5 Å². The van der Waals surface area contributed by atoms with Crippen molar-refractivity contribution in [3.05, 3.63) is 34.9 Å². The average molecular weight is 293 g/mol. The molecule has 7 heteroatoms. The van der Waals surface area contributed by atoms with Crippen molar-refractivity contribution in [2.45, 2.75) is 13.3 Å². The molecule has 1 aliphatic rings. The van der Waals surface area contributed by atoms with Gasteiger partial charge in [0.2, 0.25) is 11.8 Å². The van der Waals surface area contributed by atoms with Crippen molar-refractivity contribution in [1.29, 1.82) is 0 Å². The Hall–Kier alpha value is -2.21. The molecule has 1 aromatic carbocycles. The smallest absolute Gasteiger partial charge is 0.249 e. The summed E-state index contributed by atoms with van der Waals surface area (Å²) < 4.78 is 0. The Morgan fingerprint density at radius 1 is 1.50 bits per heavy atom. The predicted octanol–water partition coefficient (Wildman–Crippen LogP) is 1.30. The molecular formula is C13H13ClN4O2. The number of nitrogens with one attached hydrogen (secondary N) is 2. The van der Waals surface area contributed by atoms with Crippen molar-refractivity contribution in [3.63, 3.8) is 0 Å². The molecule has 2 rings (SSSR count). The molecule has 6 nitrogen and oxygen atoms in total. The van der Waals surface area contributed by atoms with Crippen molar-refractivity contribution < 1.29 is 9.59 Å². The third-order valence-corrected chi connectivity index (χ3v) is 3.08. The summed E-state index contributed by atoms with van der Waals surface area (Å²) in [7, 11) is 0. The van der Waals surface area contributed by atoms with Crippen molar-refractivity contribution in [3.8, 4) is 0 Å². The van der Waals surface area contributed by atoms with Crippen LogP contribution in [0.25, 0.3) is 0 Å². The van der Waals surface area contributed by atoms with Crippen LogP contribution in [0.2, 0.25) is 5.02 Å². The standard InChI is InChI=1S/C13H13ClN4O2/c1-8-11(13(20)18-16-8)6-12(19)17-15-7-9-2-4-10(14)5-3-9/h2-5,7,11H,6H2,1H3,(H,17,19)(H,18,20)/b15-7+. The summed E-state index contributed by atoms with van der Waals surface area (Å²) in [6.07, 6.45) is 1.53. The molecule has 0 radical (unpaired) electrons. The van der Waals surface area contributed by atoms with Gasteiger partial charge < -0.3 is 0 Å². The van der Waals surface area contributed by atoms with Crippen LogP contribution < -0.4 is 10.9 Å². The molecule has 1 aromatic rings. The second-order valence-electron chi connectivity index (χ2n) is 4.33. The number of hydrazone groups is 2. The van der Waals surface area contributed by atoms with E-state index in [1.165, 1.54) is 6.21 Å². The van der Waals surface area contributed by atoms with E-state index in [0.717, 1.165) is 5.56 Å². The van der Waals surface area contributed by atoms with E-state index in [0.29, 0.717) is 10.7 Å². The number of hydrogen-bond donors (Lipinski definition) is 2. The number of carbonyl (C=O) groups excluding carboxylic acids is 2. The maximum Gasteiger partial charge on any atom is 0.249 e. The molecule has 0 aliphatic carbocycles. The minimum atomic E-state index is -0.513. The Morgan fingerprint density at radius 3 is 2.80 bits per heavy atom. The molecule has 1 atom stereocenters. The Morgan fingerprint density at radius 2 is 2.20 bits per heavy atom. The third-order valence-electron chi connectivity index (χ3n) is 2.83. The highest BCUT2D eigenvalue weighted by molar-refractivity contribution is 6.30. The zero-order valence-corrected chi connectivity index (χ0v) is 11.5. The number of rotatable bonds is 4. The Bertz CT molecular complexity index is 581. The Labute approximate surface area is 120 Å². The van der Waals surface area contributed by atoms with Gasteiger partial charge in [-0.1, -0.05) is 23.7 Å². The van der Waals surface area contributed by atoms with E-state index in [1.807, 2.05) is 0 Å². The molecule has 0 spiro atoms. The second kappa shape index (κ2) is 6.29. The van der Waals surface area contributed by atoms with E-state index in [-0.39, 0.29) is 18.2 Å². The minimum absolute atomic E-state index is 0.0269. The number of halogens is 1. The topological polar surface area (TPSA) is 82.9 Å². The molecule has 0 aromatic heterocycles. The number of nitrogens with zero attached hydrogens (tertiary/aromatic N) is 2. The lowest BCUT2D eigenvalue weighted by Gasteiger charge is -2.05. The summed E-state index contributed by atoms with van der Waals surface area (Å²) in [5, 5.41) is 8.23. The van der Waals surface area contributed by atoms with E-state index in [9.17, 15) is 9.59 Å². The van der Waals surface area contributed by atoms with Crippen LogP contribution in [0.1, 0.15) is 18.9 Å². The van der Waals surface area contributed by atoms with Crippen LogP contribution in [-0.2, 0) is 9.59 Å². The fourth-order valence-corrected chi connectivity index (χ4v) is 1.81. The molecule has 1 heterocycles. The zero-order chi connectivity index (χ0) is 14.5. The van der Waals surface area contributed by atoms with Crippen LogP contribution in [0.4, 0.5) is 0 Å². The number of benzene rings is 1. The van der Waals surface area contributed by atoms with Crippen LogP contribution in [0.5, 0.6) is 0 Å². The van der Waals surface area contributed by atoms with Gasteiger partial charge in [-0.25, -0.2) is 10.9 Å². The number of carbonyl (C=O) groups is 2. The fraction of sp³-hybridized carbons (Fsp3) is 0.231. The summed E-state index contributed by atoms with van der Waals surface area (Å²) in [4.78, 5) is 23.0. The van der Waals surface area contributed by atoms with Gasteiger partial charge in [-0.3, -0.25) is 9.59 Å². The monoisotopic (exact) mass is 292 g/mol. The summed E-state index contributed by atoms with van der Waals surface area (Å²) in [5.74, 6) is -1.12. The van der Waals surface area contributed by atoms with E-state index < -0.39 is 5.92 Å². The molecule has 2 amide bonds. The fourth-order valence-electron chi connectivity index (χ4n) is 1.69. The molecule has 0 saturated carbocycles. The van der Waals surface area contributed by atoms with E-state index in [4.69, 9.17) is 11.6 Å². The highest BCUT2D eigenvalue weighted by Gasteiger charge is 2.28. The van der Waals surface area contributed by atoms with Crippen molar-refractivity contribution in [2.24, 2.45) is 16.1 Å². The molecule has 20 heavy (non-hydrogen) atoms. The summed E-state index contributed by atoms with van der Waals surface area (Å²) in [5.41, 5.74) is 6.12. The maximum absolute atomic E-state index is 11.7. The van der Waals surface area contributed by atoms with E-state index in [1.54, 1.807) is 31.2 Å². The molecule has 0 fully saturated rings. The zero-order valence-electron chi connectivity index (χ0n) is 10.8. The number of amides is 2. The summed E-state index contributed by atoms with van der Waals surface area (Å²) >= 11 is 5.76. The van der Waals surface area contributed by atoms with Crippen molar-refractivity contribution >= 4 is 35.3 Å². The van der Waals surface area contributed by atoms with Gasteiger partial charge in [0.1, 0.15) is 0 Å². The van der Waals surface area contributed by atoms with Gasteiger partial charge >= 0.3 is 0 Å². The summed E-state index contributed by atoms with van der Waals surface area (Å²) in [6, 6.07) is 7.01. The van der Waals surface area contributed by atoms with Gasteiger partial charge in [-0.2, -0.15) is 10.2 Å². The second-order valence-corrected chi connectivity index (χ2v) is 4.77. The lowest BCUT2D eigenvalue weighted by atomic mass is 10.0. The predicted molar refractivity (Wildman–Crippen MR) is 76.5 cm³/mol. The minimum Gasteiger partial charge on any atom is -0.273 e. The van der Waals surface area contributed by atoms with E-state index in [2.05, 4.69) is 21.1 Å². The molecule has 2 N–H and O–H groups in total. The lowest BCUT2D eigenvalue weighted by Crippen LogP contribution is -2.29. The largest absolute Gasteiger partial charge is 0.273 e. The average Bonchev–Trinajstić information content (AvgIpc) is 2.73. The first-order valence-electron chi connectivity index (χ1n) is 5.98. The quantitative estimate of drug-likeness (QED) is 0.648. The van der Waals surface area contributed by atoms with E-state index >= 15 is 0 Å². The van der Waals surface area contributed by atoms with Crippen LogP contribution >= 0.6 is 11.6 Å². The third kappa shape index (κ3) is 3.64. The first kappa shape index (κ1) is 14.2. The van der Waals surface area contributed by atoms with Gasteiger partial charge in [0.25, 0.3) is 0 Å². The van der Waals surface area contributed by atoms with Crippen LogP contribution in [0, 0.1) is 5.92 Å². The summed E-state index contributed by atoms with van der Waals surface area (Å²) in [6.45, 7) is 1.70. The van der Waals surface area contributed by atoms with Gasteiger partial charge in [-0.15, -0.1) is 0 Å². The lowest BCUT2D eigenvalue weighted by molar-refractivity contribution is -0.127. The van der Waals surface area contributed by atoms with Crippen molar-refractivity contribution in [2.75, 3.05) is 0 Å². The van der Waals surface area contributed by atoms with Crippen molar-refractivity contribution in [1.82, 2.24) is 10.9 Å². The van der Waals surface area contributed by atoms with Crippen LogP contribution in [-0.4, -0.2) is 23.7 Å². The van der Waals surface area contributed by atoms with Gasteiger partial charge in [0.05, 0.1) is 12.1 Å². The Kier molecular flexibility index (Phi) is 4.47. The molecule has 0 bridgehead atoms. The Balaban J connectivity index is 1.85. The molecule has 0 saturated heterocycles. The molecule has 1 aliphatic heterocycles. The first-order chi connectivity index (χ1) is 9.56. The SMILES string of the molecule is CC1=NNC(=O)C1CC(=O)N/N=C/c1ccc(Cl)cc1. The normalized spacial score (nSPS) is 18.0. The van der Waals surface area contributed by atoms with Gasteiger partial charge in [0, 0.05) is 17.2 Å². The molecular weight excluding hydrogens is 280 g/mol. The molecule has 104 valence electrons. The molecule has 1 unspecified atom stereocenters. The van der Waals surface area contributed by atoms with Gasteiger partial charge in [-0.05, 0) is 24.6 Å². The number of hydrogen-bond acceptors (Lipinski definition) is 4. The highest BCUT2D eigenvalue weighted by Crippen LogP contribution is 2.11. The highest BCUT2D eigenvalue weighted by atomic mass is 35.5. The maximum atomic E-state index is 11.7. The van der Waals surface area contributed by atoms with Crippen LogP contribution in [0.3, 0.4) is 0 Å². The van der Waals surface area contributed by atoms with Gasteiger partial charge in [0.15, 0.2) is 0 Å².